The number of nitrogens with zero attached hydrogens (tertiary/aromatic N) is 2. The van der Waals surface area contributed by atoms with Crippen LogP contribution in [-0.2, 0) is 9.47 Å². The van der Waals surface area contributed by atoms with E-state index in [0.29, 0.717) is 25.2 Å². The highest BCUT2D eigenvalue weighted by Crippen LogP contribution is 2.10. The van der Waals surface area contributed by atoms with Crippen molar-refractivity contribution < 1.29 is 9.47 Å². The van der Waals surface area contributed by atoms with E-state index in [1.54, 1.807) is 7.11 Å². The van der Waals surface area contributed by atoms with Crippen molar-refractivity contribution in [3.63, 3.8) is 0 Å². The Balaban J connectivity index is 0. The molecule has 152 valence electrons. The molecule has 0 aliphatic rings. The third kappa shape index (κ3) is 14.7. The number of hydrogen-bond acceptors (Lipinski definition) is 4. The number of likely N-dealkylation sites (N-methyl/N-ethyl adjacent to an activating group) is 1. The number of nitrogens with one attached hydrogen (secondary N) is 2. The Hall–Kier alpha value is -0.120. The molecule has 0 aliphatic heterocycles. The highest BCUT2D eigenvalue weighted by atomic mass is 127. The number of hydrogen-bond donors (Lipinski definition) is 2. The van der Waals surface area contributed by atoms with Gasteiger partial charge in [-0.15, -0.1) is 24.0 Å². The van der Waals surface area contributed by atoms with Crippen LogP contribution >= 0.6 is 24.0 Å². The van der Waals surface area contributed by atoms with Crippen LogP contribution in [-0.4, -0.2) is 77.1 Å². The van der Waals surface area contributed by atoms with Crippen LogP contribution in [0.4, 0.5) is 0 Å². The maximum Gasteiger partial charge on any atom is 0.191 e. The van der Waals surface area contributed by atoms with Gasteiger partial charge >= 0.3 is 0 Å². The quantitative estimate of drug-likeness (QED) is 0.176. The van der Waals surface area contributed by atoms with Crippen LogP contribution < -0.4 is 10.6 Å². The molecule has 0 saturated heterocycles. The molecular formula is C18H41IN4O2. The van der Waals surface area contributed by atoms with E-state index in [-0.39, 0.29) is 24.0 Å². The first-order chi connectivity index (χ1) is 11.6. The van der Waals surface area contributed by atoms with Crippen molar-refractivity contribution in [1.29, 1.82) is 0 Å². The fourth-order valence-electron chi connectivity index (χ4n) is 2.71. The molecule has 0 aromatic rings. The topological polar surface area (TPSA) is 58.1 Å². The standard InChI is InChI=1S/C18H40N4O2.HI/c1-7-22(8-2)17(14-16(3)4)15-21-18(19-5)20-10-9-11-24-13-12-23-6;/h16-17H,7-15H2,1-6H3,(H2,19,20,21);1H. The summed E-state index contributed by atoms with van der Waals surface area (Å²) in [5.41, 5.74) is 0. The molecule has 7 heteroatoms. The van der Waals surface area contributed by atoms with E-state index < -0.39 is 0 Å². The van der Waals surface area contributed by atoms with Crippen molar-refractivity contribution >= 4 is 29.9 Å². The first-order valence-corrected chi connectivity index (χ1v) is 9.34. The number of aliphatic imine (C=N–C) groups is 1. The minimum absolute atomic E-state index is 0. The summed E-state index contributed by atoms with van der Waals surface area (Å²) in [5.74, 6) is 1.56. The molecule has 0 aromatic carbocycles. The highest BCUT2D eigenvalue weighted by molar-refractivity contribution is 14.0. The summed E-state index contributed by atoms with van der Waals surface area (Å²) >= 11 is 0. The molecule has 0 saturated carbocycles. The number of rotatable bonds is 14. The molecule has 0 rings (SSSR count). The Bertz CT molecular complexity index is 313. The normalized spacial score (nSPS) is 13.0. The van der Waals surface area contributed by atoms with Gasteiger partial charge in [-0.1, -0.05) is 27.7 Å². The molecule has 0 aliphatic carbocycles. The molecule has 0 radical (unpaired) electrons. The van der Waals surface area contributed by atoms with Gasteiger partial charge in [0, 0.05) is 39.9 Å². The fourth-order valence-corrected chi connectivity index (χ4v) is 2.71. The summed E-state index contributed by atoms with van der Waals surface area (Å²) in [6.07, 6.45) is 2.15. The van der Waals surface area contributed by atoms with Gasteiger partial charge in [0.15, 0.2) is 5.96 Å². The van der Waals surface area contributed by atoms with E-state index in [1.807, 2.05) is 7.05 Å². The molecule has 0 fully saturated rings. The highest BCUT2D eigenvalue weighted by Gasteiger charge is 2.17. The number of guanidine groups is 1. The average molecular weight is 472 g/mol. The number of halogens is 1. The van der Waals surface area contributed by atoms with Crippen molar-refractivity contribution in [2.75, 3.05) is 60.2 Å². The Morgan fingerprint density at radius 3 is 2.28 bits per heavy atom. The molecule has 0 heterocycles. The zero-order valence-corrected chi connectivity index (χ0v) is 19.5. The molecule has 0 spiro atoms. The summed E-state index contributed by atoms with van der Waals surface area (Å²) in [7, 11) is 3.50. The van der Waals surface area contributed by atoms with Crippen LogP contribution in [0.1, 0.15) is 40.5 Å². The fraction of sp³-hybridized carbons (Fsp3) is 0.944. The third-order valence-corrected chi connectivity index (χ3v) is 3.99. The van der Waals surface area contributed by atoms with Gasteiger partial charge in [-0.3, -0.25) is 9.89 Å². The Morgan fingerprint density at radius 2 is 1.76 bits per heavy atom. The molecule has 0 aromatic heterocycles. The van der Waals surface area contributed by atoms with Gasteiger partial charge in [0.2, 0.25) is 0 Å². The van der Waals surface area contributed by atoms with Crippen LogP contribution in [0.25, 0.3) is 0 Å². The van der Waals surface area contributed by atoms with E-state index in [0.717, 1.165) is 45.2 Å². The third-order valence-electron chi connectivity index (χ3n) is 3.99. The SMILES string of the molecule is CCN(CC)C(CNC(=NC)NCCCOCCOC)CC(C)C.I. The monoisotopic (exact) mass is 472 g/mol. The molecule has 25 heavy (non-hydrogen) atoms. The zero-order valence-electron chi connectivity index (χ0n) is 17.1. The van der Waals surface area contributed by atoms with Gasteiger partial charge in [-0.05, 0) is 31.8 Å². The molecule has 1 unspecified atom stereocenters. The molecule has 0 bridgehead atoms. The summed E-state index contributed by atoms with van der Waals surface area (Å²) < 4.78 is 10.4. The molecule has 6 nitrogen and oxygen atoms in total. The largest absolute Gasteiger partial charge is 0.382 e. The molecule has 1 atom stereocenters. The van der Waals surface area contributed by atoms with E-state index in [4.69, 9.17) is 9.47 Å². The second-order valence-electron chi connectivity index (χ2n) is 6.34. The number of ether oxygens (including phenoxy) is 2. The maximum absolute atomic E-state index is 5.46. The van der Waals surface area contributed by atoms with E-state index >= 15 is 0 Å². The van der Waals surface area contributed by atoms with E-state index in [9.17, 15) is 0 Å². The summed E-state index contributed by atoms with van der Waals surface area (Å²) in [6.45, 7) is 15.0. The minimum Gasteiger partial charge on any atom is -0.382 e. The van der Waals surface area contributed by atoms with Crippen molar-refractivity contribution in [2.24, 2.45) is 10.9 Å². The van der Waals surface area contributed by atoms with Crippen molar-refractivity contribution in [2.45, 2.75) is 46.6 Å². The predicted molar refractivity (Wildman–Crippen MR) is 118 cm³/mol. The van der Waals surface area contributed by atoms with Crippen LogP contribution in [0.15, 0.2) is 4.99 Å². The minimum atomic E-state index is 0. The van der Waals surface area contributed by atoms with Crippen molar-refractivity contribution in [1.82, 2.24) is 15.5 Å². The summed E-state index contributed by atoms with van der Waals surface area (Å²) in [4.78, 5) is 6.83. The average Bonchev–Trinajstić information content (AvgIpc) is 2.57. The van der Waals surface area contributed by atoms with Crippen LogP contribution in [0.2, 0.25) is 0 Å². The lowest BCUT2D eigenvalue weighted by atomic mass is 10.0. The predicted octanol–water partition coefficient (Wildman–Crippen LogP) is 2.58. The van der Waals surface area contributed by atoms with Gasteiger partial charge < -0.3 is 20.1 Å². The smallest absolute Gasteiger partial charge is 0.191 e. The molecular weight excluding hydrogens is 431 g/mol. The van der Waals surface area contributed by atoms with Crippen LogP contribution in [0.5, 0.6) is 0 Å². The summed E-state index contributed by atoms with van der Waals surface area (Å²) in [5, 5.41) is 6.82. The van der Waals surface area contributed by atoms with Crippen LogP contribution in [0, 0.1) is 5.92 Å². The van der Waals surface area contributed by atoms with E-state index in [2.05, 4.69) is 48.2 Å². The Labute approximate surface area is 172 Å². The zero-order chi connectivity index (χ0) is 18.2. The second kappa shape index (κ2) is 18.7. The van der Waals surface area contributed by atoms with Crippen LogP contribution in [0.3, 0.4) is 0 Å². The lowest BCUT2D eigenvalue weighted by Crippen LogP contribution is -2.47. The Kier molecular flexibility index (Phi) is 20.2. The lowest BCUT2D eigenvalue weighted by Gasteiger charge is -2.31. The van der Waals surface area contributed by atoms with Gasteiger partial charge in [-0.2, -0.15) is 0 Å². The van der Waals surface area contributed by atoms with Gasteiger partial charge in [0.25, 0.3) is 0 Å². The van der Waals surface area contributed by atoms with Crippen molar-refractivity contribution in [3.05, 3.63) is 0 Å². The van der Waals surface area contributed by atoms with Gasteiger partial charge in [0.1, 0.15) is 0 Å². The van der Waals surface area contributed by atoms with Crippen molar-refractivity contribution in [3.8, 4) is 0 Å². The summed E-state index contributed by atoms with van der Waals surface area (Å²) in [6, 6.07) is 0.538. The first-order valence-electron chi connectivity index (χ1n) is 9.34. The molecule has 2 N–H and O–H groups in total. The second-order valence-corrected chi connectivity index (χ2v) is 6.34. The first kappa shape index (κ1) is 27.1. The van der Waals surface area contributed by atoms with Gasteiger partial charge in [0.05, 0.1) is 13.2 Å². The Morgan fingerprint density at radius 1 is 1.08 bits per heavy atom. The maximum atomic E-state index is 5.46. The lowest BCUT2D eigenvalue weighted by molar-refractivity contribution is 0.0698. The van der Waals surface area contributed by atoms with E-state index in [1.165, 1.54) is 6.42 Å². The molecule has 0 amide bonds. The number of methoxy groups -OCH3 is 1. The van der Waals surface area contributed by atoms with Gasteiger partial charge in [-0.25, -0.2) is 0 Å².